The second-order valence-electron chi connectivity index (χ2n) is 6.24. The Hall–Kier alpha value is -3.60. The zero-order chi connectivity index (χ0) is 19.2. The van der Waals surface area contributed by atoms with Gasteiger partial charge in [0.05, 0.1) is 4.92 Å². The molecule has 5 nitrogen and oxygen atoms in total. The van der Waals surface area contributed by atoms with Gasteiger partial charge in [-0.1, -0.05) is 24.3 Å². The monoisotopic (exact) mass is 360 g/mol. The minimum absolute atomic E-state index is 0.0798. The molecular formula is C22H20N2O3. The summed E-state index contributed by atoms with van der Waals surface area (Å²) in [5, 5.41) is 10.7. The lowest BCUT2D eigenvalue weighted by atomic mass is 10.2. The predicted octanol–water partition coefficient (Wildman–Crippen LogP) is 5.59. The van der Waals surface area contributed by atoms with Crippen LogP contribution in [0, 0.1) is 10.1 Å². The highest BCUT2D eigenvalue weighted by atomic mass is 16.6. The van der Waals surface area contributed by atoms with E-state index in [1.165, 1.54) is 12.1 Å². The molecule has 0 amide bonds. The van der Waals surface area contributed by atoms with Gasteiger partial charge >= 0.3 is 0 Å². The predicted molar refractivity (Wildman–Crippen MR) is 110 cm³/mol. The average molecular weight is 360 g/mol. The largest absolute Gasteiger partial charge is 0.457 e. The van der Waals surface area contributed by atoms with Gasteiger partial charge in [-0.25, -0.2) is 0 Å². The highest BCUT2D eigenvalue weighted by Crippen LogP contribution is 2.18. The first-order valence-electron chi connectivity index (χ1n) is 8.49. The molecule has 3 aromatic rings. The van der Waals surface area contributed by atoms with Gasteiger partial charge in [-0.15, -0.1) is 0 Å². The van der Waals surface area contributed by atoms with E-state index < -0.39 is 4.92 Å². The van der Waals surface area contributed by atoms with Crippen LogP contribution >= 0.6 is 0 Å². The normalized spacial score (nSPS) is 11.3. The average Bonchev–Trinajstić information content (AvgIpc) is 3.13. The Morgan fingerprint density at radius 1 is 0.778 bits per heavy atom. The van der Waals surface area contributed by atoms with E-state index in [0.717, 1.165) is 28.3 Å². The summed E-state index contributed by atoms with van der Waals surface area (Å²) < 4.78 is 5.76. The van der Waals surface area contributed by atoms with Crippen LogP contribution in [0.5, 0.6) is 0 Å². The van der Waals surface area contributed by atoms with E-state index in [1.807, 2.05) is 50.5 Å². The third kappa shape index (κ3) is 4.95. The molecule has 0 N–H and O–H groups in total. The minimum atomic E-state index is -0.410. The van der Waals surface area contributed by atoms with Crippen molar-refractivity contribution < 1.29 is 9.34 Å². The van der Waals surface area contributed by atoms with E-state index in [4.69, 9.17) is 4.42 Å². The van der Waals surface area contributed by atoms with Crippen molar-refractivity contribution in [3.8, 4) is 0 Å². The maximum atomic E-state index is 10.7. The van der Waals surface area contributed by atoms with Gasteiger partial charge in [0.25, 0.3) is 5.69 Å². The zero-order valence-electron chi connectivity index (χ0n) is 15.2. The van der Waals surface area contributed by atoms with Crippen LogP contribution in [0.15, 0.2) is 65.1 Å². The maximum absolute atomic E-state index is 10.7. The SMILES string of the molecule is CN(C)c1ccc(/C=C/c2ccc(/C=C/c3ccc([N+](=O)[O-])cc3)o2)cc1. The molecule has 1 aromatic heterocycles. The molecule has 0 saturated carbocycles. The number of benzene rings is 2. The summed E-state index contributed by atoms with van der Waals surface area (Å²) in [4.78, 5) is 12.3. The van der Waals surface area contributed by atoms with Gasteiger partial charge in [0, 0.05) is 31.9 Å². The molecule has 5 heteroatoms. The molecule has 136 valence electrons. The van der Waals surface area contributed by atoms with E-state index in [-0.39, 0.29) is 5.69 Å². The minimum Gasteiger partial charge on any atom is -0.457 e. The van der Waals surface area contributed by atoms with Crippen molar-refractivity contribution in [2.75, 3.05) is 19.0 Å². The fourth-order valence-electron chi connectivity index (χ4n) is 2.49. The van der Waals surface area contributed by atoms with Gasteiger partial charge in [0.2, 0.25) is 0 Å². The number of rotatable bonds is 6. The van der Waals surface area contributed by atoms with Gasteiger partial charge in [-0.05, 0) is 59.7 Å². The van der Waals surface area contributed by atoms with Crippen molar-refractivity contribution in [2.24, 2.45) is 0 Å². The molecule has 0 aliphatic carbocycles. The van der Waals surface area contributed by atoms with Crippen LogP contribution in [0.4, 0.5) is 11.4 Å². The zero-order valence-corrected chi connectivity index (χ0v) is 15.2. The van der Waals surface area contributed by atoms with Gasteiger partial charge in [0.15, 0.2) is 0 Å². The number of nitrogens with zero attached hydrogens (tertiary/aromatic N) is 2. The first-order chi connectivity index (χ1) is 13.0. The highest BCUT2D eigenvalue weighted by Gasteiger charge is 2.02. The van der Waals surface area contributed by atoms with Crippen LogP contribution < -0.4 is 4.90 Å². The Morgan fingerprint density at radius 2 is 1.26 bits per heavy atom. The van der Waals surface area contributed by atoms with E-state index >= 15 is 0 Å². The summed E-state index contributed by atoms with van der Waals surface area (Å²) in [6.45, 7) is 0. The quantitative estimate of drug-likeness (QED) is 0.424. The first-order valence-corrected chi connectivity index (χ1v) is 8.49. The summed E-state index contributed by atoms with van der Waals surface area (Å²) >= 11 is 0. The van der Waals surface area contributed by atoms with Crippen molar-refractivity contribution in [1.29, 1.82) is 0 Å². The lowest BCUT2D eigenvalue weighted by Gasteiger charge is -2.11. The lowest BCUT2D eigenvalue weighted by Crippen LogP contribution is -2.07. The van der Waals surface area contributed by atoms with Crippen LogP contribution in [0.25, 0.3) is 24.3 Å². The molecule has 1 heterocycles. The number of anilines is 1. The Bertz CT molecular complexity index is 966. The topological polar surface area (TPSA) is 59.5 Å². The van der Waals surface area contributed by atoms with Crippen LogP contribution in [-0.4, -0.2) is 19.0 Å². The smallest absolute Gasteiger partial charge is 0.269 e. The number of furan rings is 1. The Balaban J connectivity index is 1.64. The third-order valence-corrected chi connectivity index (χ3v) is 4.04. The van der Waals surface area contributed by atoms with Crippen molar-refractivity contribution >= 4 is 35.7 Å². The van der Waals surface area contributed by atoms with E-state index in [0.29, 0.717) is 0 Å². The molecule has 0 unspecified atom stereocenters. The van der Waals surface area contributed by atoms with Crippen molar-refractivity contribution in [2.45, 2.75) is 0 Å². The maximum Gasteiger partial charge on any atom is 0.269 e. The molecule has 0 aliphatic rings. The van der Waals surface area contributed by atoms with Gasteiger partial charge in [-0.3, -0.25) is 10.1 Å². The molecule has 0 aliphatic heterocycles. The molecule has 27 heavy (non-hydrogen) atoms. The molecule has 0 bridgehead atoms. The molecule has 0 radical (unpaired) electrons. The van der Waals surface area contributed by atoms with Crippen LogP contribution in [0.3, 0.4) is 0 Å². The van der Waals surface area contributed by atoms with E-state index in [2.05, 4.69) is 29.2 Å². The van der Waals surface area contributed by atoms with Gasteiger partial charge < -0.3 is 9.32 Å². The lowest BCUT2D eigenvalue weighted by molar-refractivity contribution is -0.384. The Morgan fingerprint density at radius 3 is 1.70 bits per heavy atom. The molecular weight excluding hydrogens is 340 g/mol. The van der Waals surface area contributed by atoms with Gasteiger partial charge in [-0.2, -0.15) is 0 Å². The second kappa shape index (κ2) is 8.19. The third-order valence-electron chi connectivity index (χ3n) is 4.04. The van der Waals surface area contributed by atoms with Crippen LogP contribution in [0.2, 0.25) is 0 Å². The highest BCUT2D eigenvalue weighted by molar-refractivity contribution is 5.71. The van der Waals surface area contributed by atoms with E-state index in [1.54, 1.807) is 12.1 Å². The molecule has 0 saturated heterocycles. The van der Waals surface area contributed by atoms with Crippen LogP contribution in [-0.2, 0) is 0 Å². The number of non-ortho nitro benzene ring substituents is 1. The molecule has 0 spiro atoms. The summed E-state index contributed by atoms with van der Waals surface area (Å²) in [5.41, 5.74) is 3.20. The second-order valence-corrected chi connectivity index (χ2v) is 6.24. The Kier molecular flexibility index (Phi) is 5.52. The summed E-state index contributed by atoms with van der Waals surface area (Å²) in [6, 6.07) is 18.4. The summed E-state index contributed by atoms with van der Waals surface area (Å²) in [7, 11) is 4.03. The standard InChI is InChI=1S/C22H20N2O3/c1-23(2)19-9-3-17(4-10-19)7-13-21-15-16-22(27-21)14-8-18-5-11-20(12-6-18)24(25)26/h3-16H,1-2H3/b13-7+,14-8+. The number of nitro groups is 1. The fourth-order valence-corrected chi connectivity index (χ4v) is 2.49. The molecule has 3 rings (SSSR count). The van der Waals surface area contributed by atoms with Crippen molar-refractivity contribution in [3.05, 3.63) is 93.4 Å². The first kappa shape index (κ1) is 18.2. The molecule has 2 aromatic carbocycles. The summed E-state index contributed by atoms with van der Waals surface area (Å²) in [5.74, 6) is 1.48. The molecule has 0 atom stereocenters. The van der Waals surface area contributed by atoms with E-state index in [9.17, 15) is 10.1 Å². The molecule has 0 fully saturated rings. The van der Waals surface area contributed by atoms with Gasteiger partial charge in [0.1, 0.15) is 11.5 Å². The summed E-state index contributed by atoms with van der Waals surface area (Å²) in [6.07, 6.45) is 7.62. The van der Waals surface area contributed by atoms with Crippen molar-refractivity contribution in [3.63, 3.8) is 0 Å². The number of hydrogen-bond donors (Lipinski definition) is 0. The number of hydrogen-bond acceptors (Lipinski definition) is 4. The fraction of sp³-hybridized carbons (Fsp3) is 0.0909. The van der Waals surface area contributed by atoms with Crippen molar-refractivity contribution in [1.82, 2.24) is 0 Å². The van der Waals surface area contributed by atoms with Crippen LogP contribution in [0.1, 0.15) is 22.6 Å². The Labute approximate surface area is 158 Å². The number of nitro benzene ring substituents is 1.